The summed E-state index contributed by atoms with van der Waals surface area (Å²) in [6, 6.07) is 39.5. The van der Waals surface area contributed by atoms with Gasteiger partial charge < -0.3 is 15.1 Å². The third-order valence-electron chi connectivity index (χ3n) is 9.96. The Hall–Kier alpha value is -5.25. The van der Waals surface area contributed by atoms with Crippen LogP contribution in [0.4, 0.5) is 17.1 Å². The van der Waals surface area contributed by atoms with E-state index in [0.717, 1.165) is 63.8 Å². The minimum atomic E-state index is -3.80. The molecule has 0 radical (unpaired) electrons. The molecule has 4 aromatic carbocycles. The summed E-state index contributed by atoms with van der Waals surface area (Å²) in [4.78, 5) is 13.0. The van der Waals surface area contributed by atoms with Crippen LogP contribution in [0.2, 0.25) is 0 Å². The van der Waals surface area contributed by atoms with Gasteiger partial charge in [0.1, 0.15) is 18.4 Å². The van der Waals surface area contributed by atoms with Crippen LogP contribution in [0.15, 0.2) is 131 Å². The molecule has 8 nitrogen and oxygen atoms in total. The molecule has 2 aliphatic heterocycles. The highest BCUT2D eigenvalue weighted by Crippen LogP contribution is 2.41. The van der Waals surface area contributed by atoms with E-state index < -0.39 is 10.0 Å². The van der Waals surface area contributed by atoms with E-state index in [9.17, 15) is 13.2 Å². The molecule has 2 heterocycles. The highest BCUT2D eigenvalue weighted by Gasteiger charge is 2.32. The van der Waals surface area contributed by atoms with Gasteiger partial charge in [-0.15, -0.1) is 0 Å². The van der Waals surface area contributed by atoms with Gasteiger partial charge in [0.2, 0.25) is 27.0 Å². The van der Waals surface area contributed by atoms with Gasteiger partial charge >= 0.3 is 0 Å². The number of hydrogen-bond donors (Lipinski definition) is 2. The SMILES string of the molecule is CCCCCNC(=O)C1CCN(S(=O)(=O)c2cccc(-c3c4ccc(=[N+](C)c5ccccc5)cc-4oc4cc(Nc5ccccc5)ccc34)c2)CC1. The molecule has 52 heavy (non-hydrogen) atoms. The predicted octanol–water partition coefficient (Wildman–Crippen LogP) is 8.39. The van der Waals surface area contributed by atoms with Crippen molar-refractivity contribution in [3.63, 3.8) is 0 Å². The quantitative estimate of drug-likeness (QED) is 0.0800. The first-order valence-electron chi connectivity index (χ1n) is 18.1. The fourth-order valence-corrected chi connectivity index (χ4v) is 8.53. The molecular formula is C43H45N4O4S+. The summed E-state index contributed by atoms with van der Waals surface area (Å²) in [6.45, 7) is 3.43. The Morgan fingerprint density at radius 3 is 2.33 bits per heavy atom. The second-order valence-electron chi connectivity index (χ2n) is 13.5. The van der Waals surface area contributed by atoms with E-state index in [1.165, 1.54) is 4.31 Å². The number of carbonyl (C=O) groups is 1. The molecule has 0 atom stereocenters. The largest absolute Gasteiger partial charge is 0.456 e. The van der Waals surface area contributed by atoms with Gasteiger partial charge in [-0.25, -0.2) is 8.42 Å². The number of hydrogen-bond acceptors (Lipinski definition) is 5. The summed E-state index contributed by atoms with van der Waals surface area (Å²) < 4.78 is 38.4. The Morgan fingerprint density at radius 2 is 1.58 bits per heavy atom. The molecule has 1 aliphatic carbocycles. The number of benzene rings is 5. The Bertz CT molecular complexity index is 2330. The third kappa shape index (κ3) is 7.52. The number of piperidine rings is 1. The van der Waals surface area contributed by atoms with E-state index in [1.54, 1.807) is 12.1 Å². The second-order valence-corrected chi connectivity index (χ2v) is 15.4. The van der Waals surface area contributed by atoms with Gasteiger partial charge in [0.05, 0.1) is 11.0 Å². The van der Waals surface area contributed by atoms with Crippen molar-refractivity contribution in [2.24, 2.45) is 5.92 Å². The van der Waals surface area contributed by atoms with Crippen LogP contribution >= 0.6 is 0 Å². The van der Waals surface area contributed by atoms with Gasteiger partial charge in [0.15, 0.2) is 0 Å². The van der Waals surface area contributed by atoms with Crippen molar-refractivity contribution in [2.75, 3.05) is 32.0 Å². The monoisotopic (exact) mass is 713 g/mol. The molecule has 0 aromatic heterocycles. The lowest BCUT2D eigenvalue weighted by Crippen LogP contribution is -2.43. The van der Waals surface area contributed by atoms with Gasteiger partial charge in [-0.05, 0) is 67.3 Å². The zero-order valence-electron chi connectivity index (χ0n) is 29.7. The summed E-state index contributed by atoms with van der Waals surface area (Å²) in [5.74, 6) is 0.545. The van der Waals surface area contributed by atoms with Crippen LogP contribution in [-0.2, 0) is 14.8 Å². The van der Waals surface area contributed by atoms with E-state index in [4.69, 9.17) is 4.42 Å². The number of sulfonamides is 1. The highest BCUT2D eigenvalue weighted by molar-refractivity contribution is 7.89. The molecule has 2 N–H and O–H groups in total. The molecule has 1 saturated heterocycles. The smallest absolute Gasteiger partial charge is 0.243 e. The van der Waals surface area contributed by atoms with Crippen LogP contribution in [0.25, 0.3) is 33.4 Å². The van der Waals surface area contributed by atoms with Crippen LogP contribution in [0.5, 0.6) is 0 Å². The van der Waals surface area contributed by atoms with Gasteiger partial charge in [-0.2, -0.15) is 8.88 Å². The van der Waals surface area contributed by atoms with Crippen LogP contribution in [0, 0.1) is 5.92 Å². The minimum Gasteiger partial charge on any atom is -0.456 e. The van der Waals surface area contributed by atoms with E-state index in [-0.39, 0.29) is 16.7 Å². The van der Waals surface area contributed by atoms with Crippen molar-refractivity contribution in [1.29, 1.82) is 0 Å². The summed E-state index contributed by atoms with van der Waals surface area (Å²) in [6.07, 6.45) is 4.15. The Morgan fingerprint density at radius 1 is 0.827 bits per heavy atom. The van der Waals surface area contributed by atoms with Crippen LogP contribution in [-0.4, -0.2) is 45.3 Å². The molecule has 7 rings (SSSR count). The van der Waals surface area contributed by atoms with Gasteiger partial charge in [0.25, 0.3) is 0 Å². The lowest BCUT2D eigenvalue weighted by Gasteiger charge is -2.30. The first-order valence-corrected chi connectivity index (χ1v) is 19.6. The minimum absolute atomic E-state index is 0.0312. The van der Waals surface area contributed by atoms with E-state index in [0.29, 0.717) is 43.8 Å². The second kappa shape index (κ2) is 15.6. The number of para-hydroxylation sites is 2. The number of nitrogens with one attached hydrogen (secondary N) is 2. The van der Waals surface area contributed by atoms with Crippen LogP contribution < -0.4 is 20.6 Å². The first-order chi connectivity index (χ1) is 25.3. The summed E-state index contributed by atoms with van der Waals surface area (Å²) in [7, 11) is -1.78. The third-order valence-corrected chi connectivity index (χ3v) is 11.9. The number of amides is 1. The Balaban J connectivity index is 1.26. The maximum absolute atomic E-state index is 14.1. The average Bonchev–Trinajstić information content (AvgIpc) is 3.18. The van der Waals surface area contributed by atoms with Gasteiger partial charge in [-0.1, -0.05) is 68.3 Å². The molecule has 1 fully saturated rings. The maximum atomic E-state index is 14.1. The lowest BCUT2D eigenvalue weighted by molar-refractivity contribution is -0.126. The van der Waals surface area contributed by atoms with Crippen molar-refractivity contribution < 1.29 is 17.6 Å². The number of fused-ring (bicyclic) bond motifs is 2. The Kier molecular flexibility index (Phi) is 10.5. The normalized spacial score (nSPS) is 14.7. The molecule has 9 heteroatoms. The van der Waals surface area contributed by atoms with Crippen LogP contribution in [0.1, 0.15) is 39.0 Å². The predicted molar refractivity (Wildman–Crippen MR) is 209 cm³/mol. The number of rotatable bonds is 11. The van der Waals surface area contributed by atoms with Gasteiger partial charge in [0, 0.05) is 77.7 Å². The molecule has 266 valence electrons. The number of carbonyl (C=O) groups excluding carboxylic acids is 1. The molecule has 3 aliphatic rings. The molecule has 0 bridgehead atoms. The molecule has 0 unspecified atom stereocenters. The lowest BCUT2D eigenvalue weighted by atomic mass is 9.93. The molecule has 0 spiro atoms. The van der Waals surface area contributed by atoms with E-state index in [2.05, 4.69) is 46.4 Å². The standard InChI is InChI=1S/C43H44N4O4S/c1-3-4-11-25-44-43(48)31-23-26-47(27-24-31)52(49,50)37-18-12-13-32(28-37)42-38-21-19-34(45-33-14-7-5-8-15-33)29-40(38)51-41-30-36(20-22-39(41)42)46(2)35-16-9-6-10-17-35/h5-10,12-22,28-31H,3-4,11,23-27H2,1-2H3,(H,44,48)/p+1. The number of anilines is 2. The zero-order chi connectivity index (χ0) is 36.1. The fourth-order valence-electron chi connectivity index (χ4n) is 7.02. The maximum Gasteiger partial charge on any atom is 0.243 e. The van der Waals surface area contributed by atoms with Crippen molar-refractivity contribution >= 4 is 44.0 Å². The number of nitrogens with zero attached hydrogens (tertiary/aromatic N) is 2. The van der Waals surface area contributed by atoms with Gasteiger partial charge in [-0.3, -0.25) is 4.79 Å². The summed E-state index contributed by atoms with van der Waals surface area (Å²) >= 11 is 0. The molecule has 0 saturated carbocycles. The van der Waals surface area contributed by atoms with Crippen molar-refractivity contribution in [3.8, 4) is 22.5 Å². The highest BCUT2D eigenvalue weighted by atomic mass is 32.2. The van der Waals surface area contributed by atoms with E-state index >= 15 is 0 Å². The topological polar surface area (TPSA) is 94.7 Å². The number of unbranched alkanes of at least 4 members (excludes halogenated alkanes) is 2. The molecular weight excluding hydrogens is 669 g/mol. The summed E-state index contributed by atoms with van der Waals surface area (Å²) in [5, 5.41) is 8.34. The summed E-state index contributed by atoms with van der Waals surface area (Å²) in [5.41, 5.74) is 6.11. The first kappa shape index (κ1) is 35.2. The fraction of sp³-hybridized carbons (Fsp3) is 0.256. The average molecular weight is 714 g/mol. The van der Waals surface area contributed by atoms with Crippen LogP contribution in [0.3, 0.4) is 0 Å². The zero-order valence-corrected chi connectivity index (χ0v) is 30.5. The molecule has 4 aromatic rings. The van der Waals surface area contributed by atoms with Crippen molar-refractivity contribution in [2.45, 2.75) is 43.9 Å². The van der Waals surface area contributed by atoms with E-state index in [1.807, 2.05) is 92.0 Å². The van der Waals surface area contributed by atoms with Crippen molar-refractivity contribution in [1.82, 2.24) is 14.2 Å². The van der Waals surface area contributed by atoms with Crippen molar-refractivity contribution in [3.05, 3.63) is 127 Å². The molecule has 1 amide bonds. The Labute approximate surface area is 305 Å².